The number of hydrogen-bond donors (Lipinski definition) is 1. The van der Waals surface area contributed by atoms with Crippen molar-refractivity contribution in [3.05, 3.63) is 35.4 Å². The second kappa shape index (κ2) is 5.53. The first-order valence-electron chi connectivity index (χ1n) is 6.68. The van der Waals surface area contributed by atoms with Crippen LogP contribution in [0.15, 0.2) is 24.3 Å². The predicted molar refractivity (Wildman–Crippen MR) is 71.6 cm³/mol. The van der Waals surface area contributed by atoms with Crippen LogP contribution in [0.5, 0.6) is 0 Å². The molecule has 0 saturated carbocycles. The van der Waals surface area contributed by atoms with Crippen LogP contribution in [0.2, 0.25) is 0 Å². The third kappa shape index (κ3) is 2.56. The van der Waals surface area contributed by atoms with E-state index >= 15 is 0 Å². The van der Waals surface area contributed by atoms with Crippen LogP contribution in [0, 0.1) is 5.92 Å². The van der Waals surface area contributed by atoms with Gasteiger partial charge in [-0.3, -0.25) is 9.69 Å². The Kier molecular flexibility index (Phi) is 4.02. The molecule has 2 unspecified atom stereocenters. The molecule has 0 saturated heterocycles. The van der Waals surface area contributed by atoms with E-state index in [0.717, 1.165) is 31.5 Å². The van der Waals surface area contributed by atoms with Gasteiger partial charge in [0.05, 0.1) is 0 Å². The lowest BCUT2D eigenvalue weighted by Crippen LogP contribution is -2.41. The van der Waals surface area contributed by atoms with Crippen LogP contribution in [-0.2, 0) is 11.2 Å². The van der Waals surface area contributed by atoms with Gasteiger partial charge in [-0.2, -0.15) is 0 Å². The Labute approximate surface area is 108 Å². The summed E-state index contributed by atoms with van der Waals surface area (Å²) in [5.41, 5.74) is 2.16. The average Bonchev–Trinajstić information content (AvgIpc) is 2.37. The lowest BCUT2D eigenvalue weighted by molar-refractivity contribution is -0.144. The molecule has 1 aliphatic heterocycles. The maximum Gasteiger partial charge on any atom is 0.325 e. The van der Waals surface area contributed by atoms with Crippen LogP contribution in [-0.4, -0.2) is 29.1 Å². The van der Waals surface area contributed by atoms with E-state index in [1.165, 1.54) is 5.56 Å². The highest BCUT2D eigenvalue weighted by Gasteiger charge is 2.32. The molecule has 1 N–H and O–H groups in total. The fourth-order valence-electron chi connectivity index (χ4n) is 2.63. The summed E-state index contributed by atoms with van der Waals surface area (Å²) in [5.74, 6) is -0.192. The van der Waals surface area contributed by atoms with Crippen molar-refractivity contribution in [2.75, 3.05) is 13.1 Å². The molecule has 0 radical (unpaired) electrons. The second-order valence-corrected chi connectivity index (χ2v) is 5.20. The van der Waals surface area contributed by atoms with Crippen molar-refractivity contribution in [2.45, 2.75) is 32.7 Å². The number of carboxylic acids is 1. The smallest absolute Gasteiger partial charge is 0.325 e. The first-order valence-corrected chi connectivity index (χ1v) is 6.68. The molecule has 0 bridgehead atoms. The molecule has 1 heterocycles. The minimum atomic E-state index is -0.731. The van der Waals surface area contributed by atoms with Gasteiger partial charge in [0.2, 0.25) is 0 Å². The van der Waals surface area contributed by atoms with E-state index < -0.39 is 12.0 Å². The van der Waals surface area contributed by atoms with Crippen LogP contribution in [0.3, 0.4) is 0 Å². The van der Waals surface area contributed by atoms with Crippen molar-refractivity contribution >= 4 is 5.97 Å². The summed E-state index contributed by atoms with van der Waals surface area (Å²) in [6.45, 7) is 6.04. The molecular formula is C15H21NO2. The molecule has 0 amide bonds. The van der Waals surface area contributed by atoms with E-state index in [0.29, 0.717) is 5.92 Å². The number of rotatable bonds is 4. The fraction of sp³-hybridized carbons (Fsp3) is 0.533. The molecule has 0 spiro atoms. The summed E-state index contributed by atoms with van der Waals surface area (Å²) in [4.78, 5) is 13.7. The van der Waals surface area contributed by atoms with Gasteiger partial charge in [0, 0.05) is 13.1 Å². The number of hydrogen-bond acceptors (Lipinski definition) is 2. The molecule has 3 heteroatoms. The van der Waals surface area contributed by atoms with Crippen molar-refractivity contribution in [3.8, 4) is 0 Å². The molecule has 1 aromatic carbocycles. The molecule has 98 valence electrons. The van der Waals surface area contributed by atoms with Crippen molar-refractivity contribution in [1.82, 2.24) is 4.90 Å². The summed E-state index contributed by atoms with van der Waals surface area (Å²) in [5, 5.41) is 9.50. The number of carboxylic acid groups (broad SMARTS) is 1. The van der Waals surface area contributed by atoms with E-state index in [1.807, 2.05) is 24.3 Å². The summed E-state index contributed by atoms with van der Waals surface area (Å²) < 4.78 is 0. The van der Waals surface area contributed by atoms with E-state index in [-0.39, 0.29) is 0 Å². The Morgan fingerprint density at radius 3 is 2.89 bits per heavy atom. The summed E-state index contributed by atoms with van der Waals surface area (Å²) >= 11 is 0. The first kappa shape index (κ1) is 13.1. The molecule has 1 aromatic rings. The van der Waals surface area contributed by atoms with E-state index in [9.17, 15) is 9.90 Å². The zero-order valence-corrected chi connectivity index (χ0v) is 11.1. The largest absolute Gasteiger partial charge is 0.480 e. The molecule has 2 rings (SSSR count). The van der Waals surface area contributed by atoms with Gasteiger partial charge in [-0.25, -0.2) is 0 Å². The quantitative estimate of drug-likeness (QED) is 0.889. The van der Waals surface area contributed by atoms with Crippen LogP contribution in [0.1, 0.15) is 37.4 Å². The Hall–Kier alpha value is -1.35. The molecule has 1 aliphatic rings. The van der Waals surface area contributed by atoms with Gasteiger partial charge in [0.1, 0.15) is 6.04 Å². The highest BCUT2D eigenvalue weighted by atomic mass is 16.4. The molecule has 18 heavy (non-hydrogen) atoms. The summed E-state index contributed by atoms with van der Waals surface area (Å²) in [6.07, 6.45) is 2.04. The van der Waals surface area contributed by atoms with Crippen LogP contribution < -0.4 is 0 Å². The SMILES string of the molecule is CCC(C)CN1CCc2ccccc2C1C(=O)O. The highest BCUT2D eigenvalue weighted by Crippen LogP contribution is 2.30. The Bertz CT molecular complexity index is 430. The number of benzene rings is 1. The normalized spacial score (nSPS) is 21.3. The van der Waals surface area contributed by atoms with Gasteiger partial charge in [-0.15, -0.1) is 0 Å². The lowest BCUT2D eigenvalue weighted by Gasteiger charge is -2.36. The third-order valence-corrected chi connectivity index (χ3v) is 3.86. The van der Waals surface area contributed by atoms with Crippen molar-refractivity contribution < 1.29 is 9.90 Å². The number of aliphatic carboxylic acids is 1. The molecule has 0 fully saturated rings. The minimum absolute atomic E-state index is 0.469. The minimum Gasteiger partial charge on any atom is -0.480 e. The number of nitrogens with zero attached hydrogens (tertiary/aromatic N) is 1. The Morgan fingerprint density at radius 2 is 2.22 bits per heavy atom. The van der Waals surface area contributed by atoms with Crippen LogP contribution >= 0.6 is 0 Å². The van der Waals surface area contributed by atoms with Crippen molar-refractivity contribution in [3.63, 3.8) is 0 Å². The topological polar surface area (TPSA) is 40.5 Å². The summed E-state index contributed by atoms with van der Waals surface area (Å²) in [6, 6.07) is 7.45. The third-order valence-electron chi connectivity index (χ3n) is 3.86. The molecule has 3 nitrogen and oxygen atoms in total. The van der Waals surface area contributed by atoms with Gasteiger partial charge in [-0.1, -0.05) is 44.5 Å². The standard InChI is InChI=1S/C15H21NO2/c1-3-11(2)10-16-9-8-12-6-4-5-7-13(12)14(16)15(17)18/h4-7,11,14H,3,8-10H2,1-2H3,(H,17,18). The van der Waals surface area contributed by atoms with Crippen molar-refractivity contribution in [1.29, 1.82) is 0 Å². The van der Waals surface area contributed by atoms with Gasteiger partial charge in [0.15, 0.2) is 0 Å². The highest BCUT2D eigenvalue weighted by molar-refractivity contribution is 5.76. The van der Waals surface area contributed by atoms with E-state index in [4.69, 9.17) is 0 Å². The number of fused-ring (bicyclic) bond motifs is 1. The fourth-order valence-corrected chi connectivity index (χ4v) is 2.63. The monoisotopic (exact) mass is 247 g/mol. The van der Waals surface area contributed by atoms with Gasteiger partial charge >= 0.3 is 5.97 Å². The first-order chi connectivity index (χ1) is 8.63. The molecule has 0 aromatic heterocycles. The molecule has 2 atom stereocenters. The molecule has 0 aliphatic carbocycles. The zero-order chi connectivity index (χ0) is 13.1. The Balaban J connectivity index is 2.27. The van der Waals surface area contributed by atoms with E-state index in [1.54, 1.807) is 0 Å². The Morgan fingerprint density at radius 1 is 1.50 bits per heavy atom. The van der Waals surface area contributed by atoms with Gasteiger partial charge < -0.3 is 5.11 Å². The van der Waals surface area contributed by atoms with Crippen LogP contribution in [0.25, 0.3) is 0 Å². The predicted octanol–water partition coefficient (Wildman–Crippen LogP) is 2.72. The maximum atomic E-state index is 11.6. The second-order valence-electron chi connectivity index (χ2n) is 5.20. The maximum absolute atomic E-state index is 11.6. The summed E-state index contributed by atoms with van der Waals surface area (Å²) in [7, 11) is 0. The lowest BCUT2D eigenvalue weighted by atomic mass is 9.91. The van der Waals surface area contributed by atoms with Gasteiger partial charge in [0.25, 0.3) is 0 Å². The average molecular weight is 247 g/mol. The van der Waals surface area contributed by atoms with Crippen LogP contribution in [0.4, 0.5) is 0 Å². The van der Waals surface area contributed by atoms with E-state index in [2.05, 4.69) is 18.7 Å². The van der Waals surface area contributed by atoms with Crippen molar-refractivity contribution in [2.24, 2.45) is 5.92 Å². The zero-order valence-electron chi connectivity index (χ0n) is 11.1. The van der Waals surface area contributed by atoms with Gasteiger partial charge in [-0.05, 0) is 23.5 Å². The number of carbonyl (C=O) groups is 1. The molecular weight excluding hydrogens is 226 g/mol.